The zero-order chi connectivity index (χ0) is 32.2. The third-order valence-electron chi connectivity index (χ3n) is 6.53. The molecule has 1 aromatic rings. The first-order valence-corrected chi connectivity index (χ1v) is 17.2. The van der Waals surface area contributed by atoms with E-state index in [0.717, 1.165) is 41.1 Å². The maximum atomic E-state index is 13.5. The van der Waals surface area contributed by atoms with Gasteiger partial charge in [-0.3, -0.25) is 18.9 Å². The maximum Gasteiger partial charge on any atom is 0.266 e. The molecule has 7 N–H and O–H groups in total. The number of hydrogen-bond donors (Lipinski definition) is 5. The van der Waals surface area contributed by atoms with Crippen molar-refractivity contribution in [3.63, 3.8) is 0 Å². The van der Waals surface area contributed by atoms with Gasteiger partial charge in [0.25, 0.3) is 10.1 Å². The van der Waals surface area contributed by atoms with Gasteiger partial charge in [0.05, 0.1) is 16.3 Å². The summed E-state index contributed by atoms with van der Waals surface area (Å²) in [6.07, 6.45) is 7.27. The van der Waals surface area contributed by atoms with Crippen LogP contribution in [-0.4, -0.2) is 79.4 Å². The summed E-state index contributed by atoms with van der Waals surface area (Å²) in [7, 11) is -4.31. The number of aliphatic imine (C=N–C) groups is 1. The average molecular weight is 641 g/mol. The van der Waals surface area contributed by atoms with Gasteiger partial charge in [-0.15, -0.1) is 11.3 Å². The predicted octanol–water partition coefficient (Wildman–Crippen LogP) is 2.75. The zero-order valence-electron chi connectivity index (χ0n) is 25.8. The first-order chi connectivity index (χ1) is 20.1. The lowest BCUT2D eigenvalue weighted by Gasteiger charge is -2.24. The van der Waals surface area contributed by atoms with Crippen LogP contribution in [0.3, 0.4) is 0 Å². The van der Waals surface area contributed by atoms with E-state index in [4.69, 9.17) is 16.0 Å². The second-order valence-corrected chi connectivity index (χ2v) is 14.8. The number of unbranched alkanes of at least 4 members (excludes halogenated alkanes) is 2. The molecular formula is C29H48N6O6S2. The number of nitrogens with one attached hydrogen (secondary N) is 2. The van der Waals surface area contributed by atoms with Gasteiger partial charge in [0.1, 0.15) is 11.9 Å². The molecule has 1 atom stereocenters. The molecule has 0 radical (unpaired) electrons. The van der Waals surface area contributed by atoms with Crippen LogP contribution in [0, 0.1) is 5.41 Å². The Kier molecular flexibility index (Phi) is 14.3. The topological polar surface area (TPSA) is 197 Å². The number of amidine groups is 1. The van der Waals surface area contributed by atoms with E-state index in [1.54, 1.807) is 11.3 Å². The van der Waals surface area contributed by atoms with Crippen molar-refractivity contribution in [1.29, 1.82) is 0 Å². The monoisotopic (exact) mass is 640 g/mol. The molecule has 0 unspecified atom stereocenters. The fourth-order valence-corrected chi connectivity index (χ4v) is 6.29. The molecule has 0 aliphatic carbocycles. The summed E-state index contributed by atoms with van der Waals surface area (Å²) in [4.78, 5) is 45.9. The minimum Gasteiger partial charge on any atom is -0.387 e. The van der Waals surface area contributed by atoms with Gasteiger partial charge in [0.15, 0.2) is 0 Å². The van der Waals surface area contributed by atoms with Gasteiger partial charge in [0.2, 0.25) is 17.7 Å². The van der Waals surface area contributed by atoms with Crippen molar-refractivity contribution in [2.45, 2.75) is 85.1 Å². The van der Waals surface area contributed by atoms with Crippen LogP contribution >= 0.6 is 11.3 Å². The van der Waals surface area contributed by atoms with Gasteiger partial charge in [-0.05, 0) is 49.7 Å². The highest BCUT2D eigenvalue weighted by Crippen LogP contribution is 2.35. The SMILES string of the molecule is CCCN(CCCNC(=O)CC(C)(C)C)C(=O)C1=Cc2sc(CCCCCNC(=O)[C@@H](N)CS(=O)(=O)O)cc2N=C(N)C1. The van der Waals surface area contributed by atoms with Crippen LogP contribution < -0.4 is 22.1 Å². The molecule has 0 fully saturated rings. The summed E-state index contributed by atoms with van der Waals surface area (Å²) in [5, 5.41) is 5.54. The molecule has 3 amide bonds. The molecule has 12 nitrogen and oxygen atoms in total. The normalized spacial score (nSPS) is 14.2. The summed E-state index contributed by atoms with van der Waals surface area (Å²) in [6.45, 7) is 10.1. The molecule has 0 aromatic carbocycles. The standard InChI is InChI=1S/C29H48N6O6S2/c1-5-13-35(14-9-12-32-26(36)18-29(2,3)4)28(38)20-15-24-23(34-25(31)16-20)17-21(42-24)10-7-6-8-11-33-27(37)22(30)19-43(39,40)41/h15,17,22H,5-14,16,18-19,30H2,1-4H3,(H2,31,34)(H,32,36)(H,33,37)(H,39,40,41)/t22-/m0/s1. The molecule has 0 saturated carbocycles. The number of nitrogens with two attached hydrogens (primary N) is 2. The number of hydrogen-bond acceptors (Lipinski definition) is 9. The van der Waals surface area contributed by atoms with Crippen LogP contribution in [0.25, 0.3) is 6.08 Å². The maximum absolute atomic E-state index is 13.5. The molecule has 1 aliphatic heterocycles. The van der Waals surface area contributed by atoms with Crippen molar-refractivity contribution in [3.05, 3.63) is 21.4 Å². The average Bonchev–Trinajstić information content (AvgIpc) is 3.17. The Balaban J connectivity index is 1.90. The molecule has 14 heteroatoms. The van der Waals surface area contributed by atoms with Gasteiger partial charge in [-0.25, -0.2) is 4.99 Å². The predicted molar refractivity (Wildman–Crippen MR) is 172 cm³/mol. The van der Waals surface area contributed by atoms with E-state index < -0.39 is 27.8 Å². The van der Waals surface area contributed by atoms with E-state index in [1.165, 1.54) is 0 Å². The second-order valence-electron chi connectivity index (χ2n) is 12.1. The highest BCUT2D eigenvalue weighted by molar-refractivity contribution is 7.85. The van der Waals surface area contributed by atoms with Crippen molar-refractivity contribution >= 4 is 56.8 Å². The van der Waals surface area contributed by atoms with Crippen LogP contribution in [0.15, 0.2) is 16.6 Å². The molecule has 242 valence electrons. The Morgan fingerprint density at radius 1 is 1.12 bits per heavy atom. The van der Waals surface area contributed by atoms with Crippen LogP contribution in [0.2, 0.25) is 0 Å². The lowest BCUT2D eigenvalue weighted by Crippen LogP contribution is -2.45. The molecule has 0 spiro atoms. The number of fused-ring (bicyclic) bond motifs is 1. The fraction of sp³-hybridized carbons (Fsp3) is 0.655. The molecular weight excluding hydrogens is 592 g/mol. The van der Waals surface area contributed by atoms with Gasteiger partial charge in [-0.1, -0.05) is 34.1 Å². The molecule has 2 heterocycles. The largest absolute Gasteiger partial charge is 0.387 e. The Morgan fingerprint density at radius 2 is 1.81 bits per heavy atom. The van der Waals surface area contributed by atoms with E-state index in [-0.39, 0.29) is 23.7 Å². The van der Waals surface area contributed by atoms with Crippen LogP contribution in [0.5, 0.6) is 0 Å². The van der Waals surface area contributed by atoms with E-state index >= 15 is 0 Å². The number of aryl methyl sites for hydroxylation is 1. The number of carbonyl (C=O) groups excluding carboxylic acids is 3. The van der Waals surface area contributed by atoms with Gasteiger partial charge in [-0.2, -0.15) is 8.42 Å². The number of rotatable bonds is 17. The number of carbonyl (C=O) groups is 3. The number of amides is 3. The molecule has 1 aliphatic rings. The summed E-state index contributed by atoms with van der Waals surface area (Å²) in [5.41, 5.74) is 13.0. The summed E-state index contributed by atoms with van der Waals surface area (Å²) < 4.78 is 30.5. The van der Waals surface area contributed by atoms with E-state index in [2.05, 4.69) is 15.6 Å². The lowest BCUT2D eigenvalue weighted by molar-refractivity contribution is -0.127. The van der Waals surface area contributed by atoms with Crippen molar-refractivity contribution in [2.75, 3.05) is 31.9 Å². The Hall–Kier alpha value is -2.81. The Morgan fingerprint density at radius 3 is 2.47 bits per heavy atom. The quantitative estimate of drug-likeness (QED) is 0.126. The summed E-state index contributed by atoms with van der Waals surface area (Å²) in [5.74, 6) is -1.10. The second kappa shape index (κ2) is 16.9. The smallest absolute Gasteiger partial charge is 0.266 e. The van der Waals surface area contributed by atoms with Crippen molar-refractivity contribution in [2.24, 2.45) is 21.9 Å². The van der Waals surface area contributed by atoms with Crippen LogP contribution in [-0.2, 0) is 30.9 Å². The van der Waals surface area contributed by atoms with E-state index in [9.17, 15) is 22.8 Å². The Labute approximate surface area is 259 Å². The van der Waals surface area contributed by atoms with E-state index in [1.807, 2.05) is 44.7 Å². The van der Waals surface area contributed by atoms with Crippen LogP contribution in [0.4, 0.5) is 5.69 Å². The first-order valence-electron chi connectivity index (χ1n) is 14.8. The van der Waals surface area contributed by atoms with Crippen molar-refractivity contribution in [1.82, 2.24) is 15.5 Å². The molecule has 0 bridgehead atoms. The zero-order valence-corrected chi connectivity index (χ0v) is 27.4. The van der Waals surface area contributed by atoms with Gasteiger partial charge < -0.3 is 27.0 Å². The minimum atomic E-state index is -4.31. The third-order valence-corrected chi connectivity index (χ3v) is 8.44. The molecule has 0 saturated heterocycles. The van der Waals surface area contributed by atoms with E-state index in [0.29, 0.717) is 56.9 Å². The summed E-state index contributed by atoms with van der Waals surface area (Å²) >= 11 is 1.58. The first kappa shape index (κ1) is 36.4. The van der Waals surface area contributed by atoms with Gasteiger partial charge in [0, 0.05) is 49.5 Å². The molecule has 1 aromatic heterocycles. The van der Waals surface area contributed by atoms with Crippen LogP contribution in [0.1, 0.15) is 82.4 Å². The number of nitrogens with zero attached hydrogens (tertiary/aromatic N) is 2. The highest BCUT2D eigenvalue weighted by Gasteiger charge is 2.23. The van der Waals surface area contributed by atoms with Crippen molar-refractivity contribution < 1.29 is 27.4 Å². The molecule has 43 heavy (non-hydrogen) atoms. The van der Waals surface area contributed by atoms with Gasteiger partial charge >= 0.3 is 0 Å². The number of thiophene rings is 1. The molecule has 2 rings (SSSR count). The highest BCUT2D eigenvalue weighted by atomic mass is 32.2. The van der Waals surface area contributed by atoms with Crippen molar-refractivity contribution in [3.8, 4) is 0 Å². The third kappa shape index (κ3) is 14.0. The lowest BCUT2D eigenvalue weighted by atomic mass is 9.92. The minimum absolute atomic E-state index is 0.0163. The Bertz CT molecular complexity index is 1280. The fourth-order valence-electron chi connectivity index (χ4n) is 4.57. The summed E-state index contributed by atoms with van der Waals surface area (Å²) in [6, 6.07) is 0.686.